The normalized spacial score (nSPS) is 19.6. The third-order valence-corrected chi connectivity index (χ3v) is 7.82. The number of primary amides is 1. The number of benzene rings is 2. The van der Waals surface area contributed by atoms with Gasteiger partial charge in [-0.2, -0.15) is 0 Å². The Kier molecular flexibility index (Phi) is 9.12. The Morgan fingerprint density at radius 3 is 2.00 bits per heavy atom. The summed E-state index contributed by atoms with van der Waals surface area (Å²) in [6.45, 7) is 3.76. The summed E-state index contributed by atoms with van der Waals surface area (Å²) in [5, 5.41) is 1.39. The third-order valence-electron chi connectivity index (χ3n) is 7.32. The number of ether oxygens (including phenoxy) is 1. The minimum Gasteiger partial charge on any atom is -0.382 e. The van der Waals surface area contributed by atoms with Gasteiger partial charge in [0.05, 0.1) is 18.7 Å². The molecule has 2 fully saturated rings. The summed E-state index contributed by atoms with van der Waals surface area (Å²) in [5.74, 6) is 0.425. The number of amides is 3. The topological polar surface area (TPSA) is 79.1 Å². The molecule has 1 unspecified atom stereocenters. The summed E-state index contributed by atoms with van der Waals surface area (Å²) in [5.41, 5.74) is 7.67. The summed E-state index contributed by atoms with van der Waals surface area (Å²) in [4.78, 5) is 30.8. The molecular formula is C27H34Cl2N4O3. The van der Waals surface area contributed by atoms with Crippen LogP contribution in [0.3, 0.4) is 0 Å². The maximum absolute atomic E-state index is 13.4. The van der Waals surface area contributed by atoms with E-state index in [9.17, 15) is 9.59 Å². The zero-order valence-electron chi connectivity index (χ0n) is 20.6. The van der Waals surface area contributed by atoms with Crippen LogP contribution in [-0.2, 0) is 9.53 Å². The van der Waals surface area contributed by atoms with Gasteiger partial charge in [0.15, 0.2) is 0 Å². The van der Waals surface area contributed by atoms with Crippen LogP contribution in [0.15, 0.2) is 48.5 Å². The minimum atomic E-state index is -0.382. The highest BCUT2D eigenvalue weighted by Gasteiger charge is 2.35. The van der Waals surface area contributed by atoms with E-state index in [0.717, 1.165) is 30.5 Å². The van der Waals surface area contributed by atoms with E-state index in [4.69, 9.17) is 33.7 Å². The van der Waals surface area contributed by atoms with Gasteiger partial charge < -0.3 is 20.3 Å². The van der Waals surface area contributed by atoms with E-state index in [0.29, 0.717) is 49.3 Å². The molecule has 2 saturated heterocycles. The molecule has 0 bridgehead atoms. The van der Waals surface area contributed by atoms with Crippen molar-refractivity contribution in [2.75, 3.05) is 46.4 Å². The molecule has 3 amide bonds. The monoisotopic (exact) mass is 532 g/mol. The second-order valence-electron chi connectivity index (χ2n) is 9.67. The van der Waals surface area contributed by atoms with Gasteiger partial charge in [-0.25, -0.2) is 4.79 Å². The van der Waals surface area contributed by atoms with Crippen LogP contribution in [-0.4, -0.2) is 79.1 Å². The van der Waals surface area contributed by atoms with E-state index in [-0.39, 0.29) is 29.9 Å². The van der Waals surface area contributed by atoms with E-state index in [2.05, 4.69) is 29.2 Å². The van der Waals surface area contributed by atoms with Crippen LogP contribution in [0.5, 0.6) is 0 Å². The van der Waals surface area contributed by atoms with Crippen LogP contribution in [0.2, 0.25) is 10.0 Å². The van der Waals surface area contributed by atoms with Gasteiger partial charge in [0.25, 0.3) is 0 Å². The summed E-state index contributed by atoms with van der Waals surface area (Å²) in [7, 11) is 1.68. The number of carbonyl (C=O) groups excluding carboxylic acids is 2. The van der Waals surface area contributed by atoms with Crippen LogP contribution in [0.4, 0.5) is 4.79 Å². The van der Waals surface area contributed by atoms with Crippen molar-refractivity contribution in [3.05, 3.63) is 69.7 Å². The Hall–Kier alpha value is -2.32. The molecule has 2 N–H and O–H groups in total. The lowest BCUT2D eigenvalue weighted by Gasteiger charge is -2.45. The highest BCUT2D eigenvalue weighted by molar-refractivity contribution is 6.30. The fraction of sp³-hybridized carbons (Fsp3) is 0.481. The highest BCUT2D eigenvalue weighted by Crippen LogP contribution is 2.33. The minimum absolute atomic E-state index is 0.00858. The van der Waals surface area contributed by atoms with Crippen LogP contribution in [0.1, 0.15) is 36.4 Å². The predicted molar refractivity (Wildman–Crippen MR) is 142 cm³/mol. The summed E-state index contributed by atoms with van der Waals surface area (Å²) >= 11 is 12.3. The van der Waals surface area contributed by atoms with Crippen molar-refractivity contribution in [2.24, 2.45) is 11.7 Å². The SMILES string of the molecule is COCC1CN(C(c2ccc(Cl)cc2)c2ccc(Cl)cc2)CCN1C(=O)CC1CCN(C(N)=O)CC1. The highest BCUT2D eigenvalue weighted by atomic mass is 35.5. The maximum Gasteiger partial charge on any atom is 0.314 e. The number of hydrogen-bond donors (Lipinski definition) is 1. The molecule has 2 heterocycles. The van der Waals surface area contributed by atoms with Gasteiger partial charge in [-0.1, -0.05) is 47.5 Å². The zero-order valence-corrected chi connectivity index (χ0v) is 22.1. The first-order valence-corrected chi connectivity index (χ1v) is 13.2. The molecule has 194 valence electrons. The molecule has 7 nitrogen and oxygen atoms in total. The van der Waals surface area contributed by atoms with Crippen molar-refractivity contribution in [1.82, 2.24) is 14.7 Å². The van der Waals surface area contributed by atoms with Gasteiger partial charge in [-0.05, 0) is 54.2 Å². The number of rotatable bonds is 7. The standard InChI is InChI=1S/C27H34Cl2N4O3/c1-36-18-24-17-32(14-15-33(24)25(34)16-19-10-12-31(13-11-19)27(30)35)26(20-2-6-22(28)7-3-20)21-4-8-23(29)9-5-21/h2-9,19,24,26H,10-18H2,1H3,(H2,30,35). The Morgan fingerprint density at radius 2 is 1.50 bits per heavy atom. The number of carbonyl (C=O) groups is 2. The summed E-state index contributed by atoms with van der Waals surface area (Å²) in [6.07, 6.45) is 2.10. The number of nitrogens with two attached hydrogens (primary N) is 1. The molecule has 0 saturated carbocycles. The van der Waals surface area contributed by atoms with E-state index in [1.54, 1.807) is 12.0 Å². The number of hydrogen-bond acceptors (Lipinski definition) is 4. The molecule has 2 aliphatic rings. The van der Waals surface area contributed by atoms with Crippen LogP contribution >= 0.6 is 23.2 Å². The first kappa shape index (κ1) is 26.7. The maximum atomic E-state index is 13.4. The van der Waals surface area contributed by atoms with Gasteiger partial charge >= 0.3 is 6.03 Å². The Bertz CT molecular complexity index is 981. The van der Waals surface area contributed by atoms with Crippen molar-refractivity contribution >= 4 is 35.1 Å². The fourth-order valence-electron chi connectivity index (χ4n) is 5.40. The van der Waals surface area contributed by atoms with Gasteiger partial charge in [0.2, 0.25) is 5.91 Å². The summed E-state index contributed by atoms with van der Waals surface area (Å²) in [6, 6.07) is 15.5. The number of urea groups is 1. The zero-order chi connectivity index (χ0) is 25.7. The molecular weight excluding hydrogens is 499 g/mol. The first-order valence-electron chi connectivity index (χ1n) is 12.4. The average Bonchev–Trinajstić information content (AvgIpc) is 2.87. The van der Waals surface area contributed by atoms with Crippen LogP contribution < -0.4 is 5.73 Å². The van der Waals surface area contributed by atoms with E-state index in [1.807, 2.05) is 29.2 Å². The number of methoxy groups -OCH3 is 1. The second-order valence-corrected chi connectivity index (χ2v) is 10.5. The van der Waals surface area contributed by atoms with Crippen LogP contribution in [0.25, 0.3) is 0 Å². The Morgan fingerprint density at radius 1 is 0.944 bits per heavy atom. The number of piperazine rings is 1. The van der Waals surface area contributed by atoms with E-state index in [1.165, 1.54) is 0 Å². The van der Waals surface area contributed by atoms with Crippen LogP contribution in [0, 0.1) is 5.92 Å². The molecule has 4 rings (SSSR count). The number of likely N-dealkylation sites (tertiary alicyclic amines) is 1. The molecule has 2 aromatic carbocycles. The van der Waals surface area contributed by atoms with Gasteiger partial charge in [-0.3, -0.25) is 9.69 Å². The fourth-order valence-corrected chi connectivity index (χ4v) is 5.66. The first-order chi connectivity index (χ1) is 17.4. The number of nitrogens with zero attached hydrogens (tertiary/aromatic N) is 3. The molecule has 2 aliphatic heterocycles. The van der Waals surface area contributed by atoms with Crippen molar-refractivity contribution in [1.29, 1.82) is 0 Å². The lowest BCUT2D eigenvalue weighted by atomic mass is 9.92. The molecule has 36 heavy (non-hydrogen) atoms. The number of piperidine rings is 1. The van der Waals surface area contributed by atoms with Crippen molar-refractivity contribution in [2.45, 2.75) is 31.3 Å². The van der Waals surface area contributed by atoms with Crippen molar-refractivity contribution in [3.63, 3.8) is 0 Å². The predicted octanol–water partition coefficient (Wildman–Crippen LogP) is 4.42. The molecule has 0 spiro atoms. The van der Waals surface area contributed by atoms with Crippen molar-refractivity contribution < 1.29 is 14.3 Å². The molecule has 9 heteroatoms. The molecule has 0 aliphatic carbocycles. The van der Waals surface area contributed by atoms with E-state index < -0.39 is 0 Å². The number of halogens is 2. The van der Waals surface area contributed by atoms with Crippen molar-refractivity contribution in [3.8, 4) is 0 Å². The quantitative estimate of drug-likeness (QED) is 0.572. The smallest absolute Gasteiger partial charge is 0.314 e. The van der Waals surface area contributed by atoms with E-state index >= 15 is 0 Å². The lowest BCUT2D eigenvalue weighted by Crippen LogP contribution is -2.57. The van der Waals surface area contributed by atoms with Gasteiger partial charge in [0, 0.05) is 56.3 Å². The largest absolute Gasteiger partial charge is 0.382 e. The Labute approximate surface area is 223 Å². The molecule has 0 aromatic heterocycles. The Balaban J connectivity index is 1.48. The second kappa shape index (κ2) is 12.3. The lowest BCUT2D eigenvalue weighted by molar-refractivity contribution is -0.139. The average molecular weight is 534 g/mol. The summed E-state index contributed by atoms with van der Waals surface area (Å²) < 4.78 is 5.55. The molecule has 2 aromatic rings. The third kappa shape index (κ3) is 6.51. The van der Waals surface area contributed by atoms with Gasteiger partial charge in [0.1, 0.15) is 0 Å². The van der Waals surface area contributed by atoms with Gasteiger partial charge in [-0.15, -0.1) is 0 Å². The molecule has 1 atom stereocenters. The molecule has 0 radical (unpaired) electrons.